The fraction of sp³-hybridized carbons (Fsp3) is 0.300. The summed E-state index contributed by atoms with van der Waals surface area (Å²) in [7, 11) is 0. The minimum Gasteiger partial charge on any atom is -0.481 e. The maximum Gasteiger partial charge on any atom is 0.306 e. The van der Waals surface area contributed by atoms with Gasteiger partial charge in [0.2, 0.25) is 0 Å². The summed E-state index contributed by atoms with van der Waals surface area (Å²) in [5.74, 6) is -1.96. The topological polar surface area (TPSA) is 37.3 Å². The van der Waals surface area contributed by atoms with Gasteiger partial charge in [0.25, 0.3) is 0 Å². The summed E-state index contributed by atoms with van der Waals surface area (Å²) in [6.45, 7) is 1.53. The second kappa shape index (κ2) is 4.42. The van der Waals surface area contributed by atoms with Crippen molar-refractivity contribution in [3.05, 3.63) is 34.6 Å². The Labute approximate surface area is 86.3 Å². The molecule has 0 aliphatic carbocycles. The average molecular weight is 217 g/mol. The maximum absolute atomic E-state index is 13.1. The molecule has 1 aromatic rings. The zero-order chi connectivity index (χ0) is 10.7. The number of carboxylic acids is 1. The Hall–Kier alpha value is -1.09. The minimum atomic E-state index is -0.940. The summed E-state index contributed by atoms with van der Waals surface area (Å²) >= 11 is 5.67. The van der Waals surface area contributed by atoms with E-state index in [-0.39, 0.29) is 6.42 Å². The lowest BCUT2D eigenvalue weighted by atomic mass is 10.0. The number of rotatable bonds is 3. The zero-order valence-electron chi connectivity index (χ0n) is 7.63. The van der Waals surface area contributed by atoms with Crippen LogP contribution in [0.1, 0.15) is 12.5 Å². The van der Waals surface area contributed by atoms with Gasteiger partial charge in [-0.3, -0.25) is 4.79 Å². The zero-order valence-corrected chi connectivity index (χ0v) is 8.38. The van der Waals surface area contributed by atoms with E-state index in [1.54, 1.807) is 0 Å². The molecule has 0 fully saturated rings. The van der Waals surface area contributed by atoms with Gasteiger partial charge >= 0.3 is 5.97 Å². The van der Waals surface area contributed by atoms with Crippen LogP contribution in [0.15, 0.2) is 18.2 Å². The summed E-state index contributed by atoms with van der Waals surface area (Å²) in [6, 6.07) is 4.13. The Morgan fingerprint density at radius 3 is 2.86 bits per heavy atom. The third-order valence-electron chi connectivity index (χ3n) is 1.96. The van der Waals surface area contributed by atoms with Crippen LogP contribution in [0.25, 0.3) is 0 Å². The van der Waals surface area contributed by atoms with Crippen LogP contribution in [0.2, 0.25) is 5.02 Å². The van der Waals surface area contributed by atoms with Gasteiger partial charge in [-0.25, -0.2) is 4.39 Å². The number of halogens is 2. The maximum atomic E-state index is 13.1. The highest BCUT2D eigenvalue weighted by atomic mass is 35.5. The first kappa shape index (κ1) is 11.0. The molecule has 1 N–H and O–H groups in total. The third kappa shape index (κ3) is 2.70. The molecule has 0 saturated carbocycles. The van der Waals surface area contributed by atoms with E-state index in [0.29, 0.717) is 10.6 Å². The molecular formula is C10H10ClFO2. The average Bonchev–Trinajstić information content (AvgIpc) is 2.11. The van der Waals surface area contributed by atoms with Crippen molar-refractivity contribution in [2.45, 2.75) is 13.3 Å². The van der Waals surface area contributed by atoms with Gasteiger partial charge in [-0.1, -0.05) is 18.5 Å². The summed E-state index contributed by atoms with van der Waals surface area (Å²) < 4.78 is 13.1. The Morgan fingerprint density at radius 2 is 2.29 bits per heavy atom. The molecule has 1 unspecified atom stereocenters. The van der Waals surface area contributed by atoms with E-state index < -0.39 is 17.7 Å². The molecule has 4 heteroatoms. The first-order chi connectivity index (χ1) is 6.50. The van der Waals surface area contributed by atoms with Crippen molar-refractivity contribution < 1.29 is 14.3 Å². The SMILES string of the molecule is CC(Cc1cc(Cl)ccc1F)C(=O)O. The van der Waals surface area contributed by atoms with Crippen molar-refractivity contribution >= 4 is 17.6 Å². The molecule has 1 aromatic carbocycles. The number of hydrogen-bond acceptors (Lipinski definition) is 1. The summed E-state index contributed by atoms with van der Waals surface area (Å²) in [6.07, 6.45) is 0.154. The Morgan fingerprint density at radius 1 is 1.64 bits per heavy atom. The number of aliphatic carboxylic acids is 1. The van der Waals surface area contributed by atoms with E-state index >= 15 is 0 Å². The van der Waals surface area contributed by atoms with Crippen molar-refractivity contribution in [1.82, 2.24) is 0 Å². The number of hydrogen-bond donors (Lipinski definition) is 1. The lowest BCUT2D eigenvalue weighted by Crippen LogP contribution is -2.13. The highest BCUT2D eigenvalue weighted by molar-refractivity contribution is 6.30. The van der Waals surface area contributed by atoms with Crippen molar-refractivity contribution in [2.75, 3.05) is 0 Å². The number of carbonyl (C=O) groups is 1. The first-order valence-corrected chi connectivity index (χ1v) is 4.55. The second-order valence-corrected chi connectivity index (χ2v) is 3.62. The third-order valence-corrected chi connectivity index (χ3v) is 2.19. The van der Waals surface area contributed by atoms with E-state index in [1.807, 2.05) is 0 Å². The molecular weight excluding hydrogens is 207 g/mol. The molecule has 1 rings (SSSR count). The molecule has 76 valence electrons. The fourth-order valence-electron chi connectivity index (χ4n) is 1.12. The van der Waals surface area contributed by atoms with Crippen LogP contribution < -0.4 is 0 Å². The number of carboxylic acid groups (broad SMARTS) is 1. The van der Waals surface area contributed by atoms with E-state index in [1.165, 1.54) is 25.1 Å². The summed E-state index contributed by atoms with van der Waals surface area (Å²) in [4.78, 5) is 10.5. The van der Waals surface area contributed by atoms with Crippen LogP contribution in [0.5, 0.6) is 0 Å². The largest absolute Gasteiger partial charge is 0.481 e. The lowest BCUT2D eigenvalue weighted by Gasteiger charge is -2.07. The normalized spacial score (nSPS) is 12.5. The van der Waals surface area contributed by atoms with E-state index in [0.717, 1.165) is 0 Å². The highest BCUT2D eigenvalue weighted by Gasteiger charge is 2.14. The van der Waals surface area contributed by atoms with Crippen molar-refractivity contribution in [3.8, 4) is 0 Å². The lowest BCUT2D eigenvalue weighted by molar-refractivity contribution is -0.141. The predicted octanol–water partition coefficient (Wildman–Crippen LogP) is 2.74. The minimum absolute atomic E-state index is 0.154. The molecule has 1 atom stereocenters. The van der Waals surface area contributed by atoms with Crippen LogP contribution in [0.4, 0.5) is 4.39 Å². The van der Waals surface area contributed by atoms with Crippen LogP contribution in [-0.2, 0) is 11.2 Å². The van der Waals surface area contributed by atoms with Crippen LogP contribution in [0.3, 0.4) is 0 Å². The molecule has 0 radical (unpaired) electrons. The molecule has 0 amide bonds. The molecule has 2 nitrogen and oxygen atoms in total. The first-order valence-electron chi connectivity index (χ1n) is 4.17. The monoisotopic (exact) mass is 216 g/mol. The Balaban J connectivity index is 2.85. The van der Waals surface area contributed by atoms with Crippen LogP contribution in [0, 0.1) is 11.7 Å². The molecule has 14 heavy (non-hydrogen) atoms. The van der Waals surface area contributed by atoms with Gasteiger partial charge in [0.15, 0.2) is 0 Å². The molecule has 0 saturated heterocycles. The van der Waals surface area contributed by atoms with Crippen molar-refractivity contribution in [1.29, 1.82) is 0 Å². The van der Waals surface area contributed by atoms with Crippen LogP contribution in [-0.4, -0.2) is 11.1 Å². The standard InChI is InChI=1S/C10H10ClFO2/c1-6(10(13)14)4-7-5-8(11)2-3-9(7)12/h2-3,5-6H,4H2,1H3,(H,13,14). The second-order valence-electron chi connectivity index (χ2n) is 3.18. The summed E-state index contributed by atoms with van der Waals surface area (Å²) in [5.41, 5.74) is 0.340. The molecule has 0 spiro atoms. The smallest absolute Gasteiger partial charge is 0.306 e. The van der Waals surface area contributed by atoms with Gasteiger partial charge in [-0.05, 0) is 30.2 Å². The molecule has 0 aromatic heterocycles. The van der Waals surface area contributed by atoms with Gasteiger partial charge in [-0.15, -0.1) is 0 Å². The Bertz CT molecular complexity index is 352. The molecule has 0 aliphatic rings. The quantitative estimate of drug-likeness (QED) is 0.844. The summed E-state index contributed by atoms with van der Waals surface area (Å²) in [5, 5.41) is 9.06. The molecule has 0 bridgehead atoms. The van der Waals surface area contributed by atoms with Gasteiger partial charge in [-0.2, -0.15) is 0 Å². The predicted molar refractivity (Wildman–Crippen MR) is 51.9 cm³/mol. The fourth-order valence-corrected chi connectivity index (χ4v) is 1.31. The highest BCUT2D eigenvalue weighted by Crippen LogP contribution is 2.18. The van der Waals surface area contributed by atoms with Crippen molar-refractivity contribution in [2.24, 2.45) is 5.92 Å². The van der Waals surface area contributed by atoms with Gasteiger partial charge < -0.3 is 5.11 Å². The van der Waals surface area contributed by atoms with Gasteiger partial charge in [0.05, 0.1) is 5.92 Å². The van der Waals surface area contributed by atoms with E-state index in [9.17, 15) is 9.18 Å². The molecule has 0 aliphatic heterocycles. The number of benzene rings is 1. The molecule has 0 heterocycles. The van der Waals surface area contributed by atoms with Gasteiger partial charge in [0, 0.05) is 5.02 Å². The van der Waals surface area contributed by atoms with Gasteiger partial charge in [0.1, 0.15) is 5.82 Å². The Kier molecular flexibility index (Phi) is 3.47. The van der Waals surface area contributed by atoms with Crippen molar-refractivity contribution in [3.63, 3.8) is 0 Å². The van der Waals surface area contributed by atoms with E-state index in [4.69, 9.17) is 16.7 Å². The van der Waals surface area contributed by atoms with E-state index in [2.05, 4.69) is 0 Å². The van der Waals surface area contributed by atoms with Crippen LogP contribution >= 0.6 is 11.6 Å².